The molecule has 0 saturated carbocycles. The van der Waals surface area contributed by atoms with Crippen LogP contribution in [0.25, 0.3) is 6.08 Å². The Kier molecular flexibility index (Phi) is 5.83. The number of hydrogen-bond donors (Lipinski definition) is 1. The first kappa shape index (κ1) is 21.8. The Labute approximate surface area is 188 Å². The summed E-state index contributed by atoms with van der Waals surface area (Å²) in [5.41, 5.74) is 5.80. The van der Waals surface area contributed by atoms with E-state index in [2.05, 4.69) is 31.0 Å². The molecule has 0 aliphatic heterocycles. The molecule has 32 heavy (non-hydrogen) atoms. The van der Waals surface area contributed by atoms with E-state index >= 15 is 0 Å². The van der Waals surface area contributed by atoms with E-state index in [-0.39, 0.29) is 17.4 Å². The third-order valence-electron chi connectivity index (χ3n) is 6.31. The van der Waals surface area contributed by atoms with Crippen molar-refractivity contribution in [2.45, 2.75) is 32.2 Å². The summed E-state index contributed by atoms with van der Waals surface area (Å²) >= 11 is 0. The molecule has 0 radical (unpaired) electrons. The number of amides is 1. The van der Waals surface area contributed by atoms with E-state index < -0.39 is 5.54 Å². The van der Waals surface area contributed by atoms with Crippen LogP contribution in [0, 0.1) is 5.92 Å². The highest BCUT2D eigenvalue weighted by molar-refractivity contribution is 5.94. The number of aromatic amines is 1. The van der Waals surface area contributed by atoms with Gasteiger partial charge in [0.2, 0.25) is 5.56 Å². The highest BCUT2D eigenvalue weighted by atomic mass is 16.2. The molecule has 2 aliphatic rings. The van der Waals surface area contributed by atoms with Crippen LogP contribution in [0.15, 0.2) is 75.6 Å². The summed E-state index contributed by atoms with van der Waals surface area (Å²) < 4.78 is 0. The summed E-state index contributed by atoms with van der Waals surface area (Å²) in [6.07, 6.45) is 11.9. The van der Waals surface area contributed by atoms with E-state index in [0.29, 0.717) is 5.56 Å². The second-order valence-electron chi connectivity index (χ2n) is 8.78. The number of aliphatic imine (C=N–C) groups is 1. The second kappa shape index (κ2) is 8.58. The fourth-order valence-corrected chi connectivity index (χ4v) is 4.97. The number of fused-ring (bicyclic) bond motifs is 4. The fourth-order valence-electron chi connectivity index (χ4n) is 4.97. The Balaban J connectivity index is 1.65. The van der Waals surface area contributed by atoms with Crippen LogP contribution in [0.4, 0.5) is 0 Å². The molecule has 2 bridgehead atoms. The molecule has 0 fully saturated rings. The molecule has 1 aromatic heterocycles. The van der Waals surface area contributed by atoms with Crippen molar-refractivity contribution in [1.29, 1.82) is 0 Å². The first-order valence-corrected chi connectivity index (χ1v) is 10.9. The minimum absolute atomic E-state index is 0.00985. The van der Waals surface area contributed by atoms with E-state index in [0.717, 1.165) is 29.7 Å². The van der Waals surface area contributed by atoms with Gasteiger partial charge in [0.15, 0.2) is 0 Å². The van der Waals surface area contributed by atoms with Crippen LogP contribution in [-0.4, -0.2) is 36.1 Å². The molecule has 0 saturated heterocycles. The number of allylic oxidation sites excluding steroid dienone is 3. The molecular formula is C27H29N3O2. The highest BCUT2D eigenvalue weighted by Gasteiger charge is 2.46. The van der Waals surface area contributed by atoms with Crippen molar-refractivity contribution in [1.82, 2.24) is 9.88 Å². The zero-order valence-corrected chi connectivity index (χ0v) is 19.1. The molecule has 4 rings (SSSR count). The number of H-pyrrole nitrogens is 1. The van der Waals surface area contributed by atoms with Crippen molar-refractivity contribution in [3.63, 3.8) is 0 Å². The van der Waals surface area contributed by atoms with E-state index in [9.17, 15) is 9.59 Å². The monoisotopic (exact) mass is 427 g/mol. The van der Waals surface area contributed by atoms with Gasteiger partial charge in [-0.15, -0.1) is 0 Å². The van der Waals surface area contributed by atoms with Gasteiger partial charge >= 0.3 is 0 Å². The maximum atomic E-state index is 12.1. The maximum absolute atomic E-state index is 12.1. The van der Waals surface area contributed by atoms with Gasteiger partial charge in [0.1, 0.15) is 5.54 Å². The van der Waals surface area contributed by atoms with Gasteiger partial charge in [0.05, 0.1) is 0 Å². The molecule has 5 heteroatoms. The van der Waals surface area contributed by atoms with Crippen LogP contribution in [0.2, 0.25) is 0 Å². The van der Waals surface area contributed by atoms with Gasteiger partial charge in [0.25, 0.3) is 5.91 Å². The summed E-state index contributed by atoms with van der Waals surface area (Å²) in [4.78, 5) is 33.7. The Morgan fingerprint density at radius 3 is 2.62 bits per heavy atom. The van der Waals surface area contributed by atoms with Crippen molar-refractivity contribution in [3.05, 3.63) is 98.5 Å². The first-order valence-electron chi connectivity index (χ1n) is 10.9. The van der Waals surface area contributed by atoms with Crippen molar-refractivity contribution < 1.29 is 4.79 Å². The zero-order valence-electron chi connectivity index (χ0n) is 19.1. The van der Waals surface area contributed by atoms with E-state index in [1.54, 1.807) is 25.1 Å². The molecule has 0 unspecified atom stereocenters. The molecular weight excluding hydrogens is 398 g/mol. The van der Waals surface area contributed by atoms with E-state index in [1.165, 1.54) is 11.1 Å². The van der Waals surface area contributed by atoms with Crippen molar-refractivity contribution in [2.24, 2.45) is 10.9 Å². The SMILES string of the molecule is C/C=C1\[C@H]2C=C(C)C[C@]1(/N=C/C=C/c1ccc(C(=O)N(C)C)cc1)c1ccc(=O)[nH]c1C2. The van der Waals surface area contributed by atoms with Crippen LogP contribution < -0.4 is 5.56 Å². The number of nitrogens with one attached hydrogen (secondary N) is 1. The average molecular weight is 428 g/mol. The molecule has 2 aliphatic carbocycles. The number of carbonyl (C=O) groups excluding carboxylic acids is 1. The zero-order chi connectivity index (χ0) is 22.9. The molecule has 1 N–H and O–H groups in total. The summed E-state index contributed by atoms with van der Waals surface area (Å²) in [6, 6.07) is 11.1. The molecule has 164 valence electrons. The Hall–Kier alpha value is -3.47. The molecule has 2 atom stereocenters. The molecule has 5 nitrogen and oxygen atoms in total. The van der Waals surface area contributed by atoms with Crippen molar-refractivity contribution in [2.75, 3.05) is 14.1 Å². The van der Waals surface area contributed by atoms with Crippen molar-refractivity contribution in [3.8, 4) is 0 Å². The summed E-state index contributed by atoms with van der Waals surface area (Å²) in [6.45, 7) is 4.23. The predicted molar refractivity (Wildman–Crippen MR) is 130 cm³/mol. The number of benzene rings is 1. The van der Waals surface area contributed by atoms with Gasteiger partial charge in [-0.2, -0.15) is 0 Å². The van der Waals surface area contributed by atoms with Crippen LogP contribution >= 0.6 is 0 Å². The van der Waals surface area contributed by atoms with Crippen LogP contribution in [0.5, 0.6) is 0 Å². The minimum atomic E-state index is -0.484. The van der Waals surface area contributed by atoms with E-state index in [4.69, 9.17) is 4.99 Å². The molecule has 2 aromatic rings. The summed E-state index contributed by atoms with van der Waals surface area (Å²) in [7, 11) is 3.49. The average Bonchev–Trinajstić information content (AvgIpc) is 2.76. The van der Waals surface area contributed by atoms with Gasteiger partial charge in [0, 0.05) is 55.5 Å². The number of aromatic nitrogens is 1. The largest absolute Gasteiger partial charge is 0.345 e. The fraction of sp³-hybridized carbons (Fsp3) is 0.296. The Bertz CT molecular complexity index is 1210. The molecule has 0 spiro atoms. The lowest BCUT2D eigenvalue weighted by Gasteiger charge is -2.45. The third kappa shape index (κ3) is 3.91. The van der Waals surface area contributed by atoms with Crippen molar-refractivity contribution >= 4 is 18.2 Å². The topological polar surface area (TPSA) is 65.5 Å². The number of rotatable bonds is 4. The summed E-state index contributed by atoms with van der Waals surface area (Å²) in [5, 5.41) is 0. The third-order valence-corrected chi connectivity index (χ3v) is 6.31. The summed E-state index contributed by atoms with van der Waals surface area (Å²) in [5.74, 6) is 0.242. The van der Waals surface area contributed by atoms with Crippen LogP contribution in [0.1, 0.15) is 47.4 Å². The number of nitrogens with zero attached hydrogens (tertiary/aromatic N) is 2. The second-order valence-corrected chi connectivity index (χ2v) is 8.78. The predicted octanol–water partition coefficient (Wildman–Crippen LogP) is 4.52. The smallest absolute Gasteiger partial charge is 0.253 e. The van der Waals surface area contributed by atoms with Gasteiger partial charge in [-0.1, -0.05) is 35.9 Å². The normalized spacial score (nSPS) is 23.4. The maximum Gasteiger partial charge on any atom is 0.253 e. The van der Waals surface area contributed by atoms with Gasteiger partial charge in [-0.3, -0.25) is 14.6 Å². The lowest BCUT2D eigenvalue weighted by Crippen LogP contribution is -2.40. The molecule has 1 aromatic carbocycles. The number of carbonyl (C=O) groups is 1. The standard InChI is InChI=1S/C27H29N3O2/c1-5-22-21-15-18(2)17-27(22,23-12-13-25(31)29-24(23)16-21)28-14-6-7-19-8-10-20(11-9-19)26(32)30(3)4/h5-15,21H,16-17H2,1-4H3,(H,29,31)/b7-6+,22-5+,28-14+/t21-,27+/m0/s1. The quantitative estimate of drug-likeness (QED) is 0.576. The first-order chi connectivity index (χ1) is 15.3. The Morgan fingerprint density at radius 2 is 1.94 bits per heavy atom. The Morgan fingerprint density at radius 1 is 1.19 bits per heavy atom. The van der Waals surface area contributed by atoms with Gasteiger partial charge < -0.3 is 9.88 Å². The number of hydrogen-bond acceptors (Lipinski definition) is 3. The lowest BCUT2D eigenvalue weighted by atomic mass is 9.63. The van der Waals surface area contributed by atoms with Crippen LogP contribution in [0.3, 0.4) is 0 Å². The highest BCUT2D eigenvalue weighted by Crippen LogP contribution is 2.51. The lowest BCUT2D eigenvalue weighted by molar-refractivity contribution is 0.0827. The van der Waals surface area contributed by atoms with E-state index in [1.807, 2.05) is 48.7 Å². The minimum Gasteiger partial charge on any atom is -0.345 e. The molecule has 1 amide bonds. The number of pyridine rings is 1. The van der Waals surface area contributed by atoms with Gasteiger partial charge in [-0.05, 0) is 55.7 Å². The van der Waals surface area contributed by atoms with Crippen LogP contribution in [-0.2, 0) is 12.0 Å². The van der Waals surface area contributed by atoms with Gasteiger partial charge in [-0.25, -0.2) is 0 Å². The molecule has 1 heterocycles.